The standard InChI is InChI=1S/C15H22N2O3/c1-19-8-9-20-7-6-16-15(18)10-12-11-17-14-5-3-2-4-13(12)14/h2-5,12,17H,6-11H2,1H3,(H,16,18). The molecule has 0 bridgehead atoms. The zero-order valence-electron chi connectivity index (χ0n) is 11.9. The summed E-state index contributed by atoms with van der Waals surface area (Å²) < 4.78 is 10.2. The molecule has 110 valence electrons. The Balaban J connectivity index is 1.66. The van der Waals surface area contributed by atoms with Crippen LogP contribution in [-0.4, -0.2) is 45.9 Å². The second kappa shape index (κ2) is 7.87. The summed E-state index contributed by atoms with van der Waals surface area (Å²) in [5, 5.41) is 6.21. The first-order chi connectivity index (χ1) is 9.81. The molecule has 2 N–H and O–H groups in total. The Morgan fingerprint density at radius 2 is 2.20 bits per heavy atom. The van der Waals surface area contributed by atoms with Gasteiger partial charge in [0.2, 0.25) is 5.91 Å². The molecule has 0 fully saturated rings. The predicted octanol–water partition coefficient (Wildman–Crippen LogP) is 1.36. The van der Waals surface area contributed by atoms with E-state index in [1.807, 2.05) is 12.1 Å². The molecule has 5 nitrogen and oxygen atoms in total. The number of benzene rings is 1. The average Bonchev–Trinajstić information content (AvgIpc) is 2.86. The van der Waals surface area contributed by atoms with Gasteiger partial charge < -0.3 is 20.1 Å². The quantitative estimate of drug-likeness (QED) is 0.705. The predicted molar refractivity (Wildman–Crippen MR) is 78.0 cm³/mol. The van der Waals surface area contributed by atoms with Crippen molar-refractivity contribution in [2.24, 2.45) is 0 Å². The number of fused-ring (bicyclic) bond motifs is 1. The third-order valence-electron chi connectivity index (χ3n) is 3.37. The highest BCUT2D eigenvalue weighted by molar-refractivity contribution is 5.78. The van der Waals surface area contributed by atoms with E-state index in [4.69, 9.17) is 9.47 Å². The van der Waals surface area contributed by atoms with Gasteiger partial charge in [-0.15, -0.1) is 0 Å². The summed E-state index contributed by atoms with van der Waals surface area (Å²) in [6.45, 7) is 3.04. The molecule has 1 aliphatic rings. The number of hydrogen-bond donors (Lipinski definition) is 2. The van der Waals surface area contributed by atoms with Crippen molar-refractivity contribution in [3.05, 3.63) is 29.8 Å². The molecule has 1 amide bonds. The lowest BCUT2D eigenvalue weighted by atomic mass is 9.98. The van der Waals surface area contributed by atoms with Crippen molar-refractivity contribution >= 4 is 11.6 Å². The van der Waals surface area contributed by atoms with Crippen molar-refractivity contribution in [2.45, 2.75) is 12.3 Å². The fourth-order valence-corrected chi connectivity index (χ4v) is 2.34. The van der Waals surface area contributed by atoms with E-state index < -0.39 is 0 Å². The van der Waals surface area contributed by atoms with Crippen LogP contribution in [0.15, 0.2) is 24.3 Å². The Labute approximate surface area is 119 Å². The van der Waals surface area contributed by atoms with Crippen LogP contribution in [0.4, 0.5) is 5.69 Å². The van der Waals surface area contributed by atoms with Gasteiger partial charge >= 0.3 is 0 Å². The van der Waals surface area contributed by atoms with Crippen LogP contribution in [0.1, 0.15) is 17.9 Å². The van der Waals surface area contributed by atoms with Crippen molar-refractivity contribution in [3.8, 4) is 0 Å². The summed E-state index contributed by atoms with van der Waals surface area (Å²) >= 11 is 0. The fraction of sp³-hybridized carbons (Fsp3) is 0.533. The van der Waals surface area contributed by atoms with Crippen LogP contribution in [0.25, 0.3) is 0 Å². The van der Waals surface area contributed by atoms with Crippen LogP contribution in [0.5, 0.6) is 0 Å². The number of hydrogen-bond acceptors (Lipinski definition) is 4. The van der Waals surface area contributed by atoms with E-state index in [-0.39, 0.29) is 11.8 Å². The zero-order valence-corrected chi connectivity index (χ0v) is 11.9. The number of carbonyl (C=O) groups is 1. The fourth-order valence-electron chi connectivity index (χ4n) is 2.34. The number of anilines is 1. The Morgan fingerprint density at radius 1 is 1.35 bits per heavy atom. The third-order valence-corrected chi connectivity index (χ3v) is 3.37. The summed E-state index contributed by atoms with van der Waals surface area (Å²) in [4.78, 5) is 11.9. The van der Waals surface area contributed by atoms with Crippen LogP contribution in [0, 0.1) is 0 Å². The van der Waals surface area contributed by atoms with E-state index >= 15 is 0 Å². The molecule has 1 heterocycles. The van der Waals surface area contributed by atoms with Gasteiger partial charge in [0.15, 0.2) is 0 Å². The molecule has 0 aliphatic carbocycles. The molecular formula is C15H22N2O3. The molecule has 0 aromatic heterocycles. The summed E-state index contributed by atoms with van der Waals surface area (Å²) in [6, 6.07) is 8.16. The van der Waals surface area contributed by atoms with Crippen molar-refractivity contribution in [2.75, 3.05) is 45.3 Å². The first-order valence-corrected chi connectivity index (χ1v) is 6.97. The second-order valence-electron chi connectivity index (χ2n) is 4.82. The van der Waals surface area contributed by atoms with E-state index in [1.165, 1.54) is 5.56 Å². The Bertz CT molecular complexity index is 437. The van der Waals surface area contributed by atoms with E-state index in [1.54, 1.807) is 7.11 Å². The highest BCUT2D eigenvalue weighted by Gasteiger charge is 2.23. The molecule has 1 aromatic rings. The number of amides is 1. The molecular weight excluding hydrogens is 256 g/mol. The Morgan fingerprint density at radius 3 is 3.05 bits per heavy atom. The van der Waals surface area contributed by atoms with Crippen LogP contribution in [-0.2, 0) is 14.3 Å². The van der Waals surface area contributed by atoms with Gasteiger partial charge in [0.25, 0.3) is 0 Å². The third kappa shape index (κ3) is 4.21. The molecule has 2 rings (SSSR count). The van der Waals surface area contributed by atoms with Gasteiger partial charge in [-0.2, -0.15) is 0 Å². The maximum atomic E-state index is 11.9. The summed E-state index contributed by atoms with van der Waals surface area (Å²) in [6.07, 6.45) is 0.516. The molecule has 0 radical (unpaired) electrons. The smallest absolute Gasteiger partial charge is 0.220 e. The lowest BCUT2D eigenvalue weighted by Gasteiger charge is -2.10. The topological polar surface area (TPSA) is 59.6 Å². The highest BCUT2D eigenvalue weighted by atomic mass is 16.5. The second-order valence-corrected chi connectivity index (χ2v) is 4.82. The van der Waals surface area contributed by atoms with Gasteiger partial charge in [0.1, 0.15) is 0 Å². The largest absolute Gasteiger partial charge is 0.384 e. The first kappa shape index (κ1) is 14.8. The minimum absolute atomic E-state index is 0.0730. The maximum absolute atomic E-state index is 11.9. The monoisotopic (exact) mass is 278 g/mol. The van der Waals surface area contributed by atoms with Crippen molar-refractivity contribution in [1.82, 2.24) is 5.32 Å². The molecule has 0 saturated heterocycles. The summed E-state index contributed by atoms with van der Waals surface area (Å²) in [5.74, 6) is 0.337. The molecule has 1 aromatic carbocycles. The van der Waals surface area contributed by atoms with Crippen LogP contribution < -0.4 is 10.6 Å². The van der Waals surface area contributed by atoms with Gasteiger partial charge in [-0.25, -0.2) is 0 Å². The maximum Gasteiger partial charge on any atom is 0.220 e. The molecule has 1 aliphatic heterocycles. The van der Waals surface area contributed by atoms with Gasteiger partial charge in [-0.05, 0) is 11.6 Å². The van der Waals surface area contributed by atoms with E-state index in [0.717, 1.165) is 12.2 Å². The van der Waals surface area contributed by atoms with Crippen molar-refractivity contribution < 1.29 is 14.3 Å². The SMILES string of the molecule is COCCOCCNC(=O)CC1CNc2ccccc21. The summed E-state index contributed by atoms with van der Waals surface area (Å²) in [7, 11) is 1.64. The number of ether oxygens (including phenoxy) is 2. The van der Waals surface area contributed by atoms with E-state index in [2.05, 4.69) is 22.8 Å². The molecule has 1 unspecified atom stereocenters. The van der Waals surface area contributed by atoms with Crippen molar-refractivity contribution in [1.29, 1.82) is 0 Å². The number of carbonyl (C=O) groups excluding carboxylic acids is 1. The van der Waals surface area contributed by atoms with Gasteiger partial charge in [0.05, 0.1) is 19.8 Å². The average molecular weight is 278 g/mol. The zero-order chi connectivity index (χ0) is 14.2. The number of methoxy groups -OCH3 is 1. The molecule has 1 atom stereocenters. The number of rotatable bonds is 8. The molecule has 0 saturated carbocycles. The van der Waals surface area contributed by atoms with Crippen molar-refractivity contribution in [3.63, 3.8) is 0 Å². The number of para-hydroxylation sites is 1. The summed E-state index contributed by atoms with van der Waals surface area (Å²) in [5.41, 5.74) is 2.38. The molecule has 5 heteroatoms. The molecule has 0 spiro atoms. The Hall–Kier alpha value is -1.59. The molecule has 20 heavy (non-hydrogen) atoms. The van der Waals surface area contributed by atoms with Crippen LogP contribution in [0.3, 0.4) is 0 Å². The minimum Gasteiger partial charge on any atom is -0.384 e. The van der Waals surface area contributed by atoms with Gasteiger partial charge in [-0.1, -0.05) is 18.2 Å². The Kier molecular flexibility index (Phi) is 5.83. The van der Waals surface area contributed by atoms with Gasteiger partial charge in [0, 0.05) is 38.2 Å². The van der Waals surface area contributed by atoms with E-state index in [0.29, 0.717) is 32.8 Å². The highest BCUT2D eigenvalue weighted by Crippen LogP contribution is 2.32. The van der Waals surface area contributed by atoms with E-state index in [9.17, 15) is 4.79 Å². The first-order valence-electron chi connectivity index (χ1n) is 6.97. The lowest BCUT2D eigenvalue weighted by molar-refractivity contribution is -0.121. The van der Waals surface area contributed by atoms with Crippen LogP contribution >= 0.6 is 0 Å². The van der Waals surface area contributed by atoms with Gasteiger partial charge in [-0.3, -0.25) is 4.79 Å². The normalized spacial score (nSPS) is 16.6. The number of nitrogens with one attached hydrogen (secondary N) is 2. The minimum atomic E-state index is 0.0730. The lowest BCUT2D eigenvalue weighted by Crippen LogP contribution is -2.29. The van der Waals surface area contributed by atoms with Crippen LogP contribution in [0.2, 0.25) is 0 Å².